The molecule has 3 aromatic carbocycles. The average Bonchev–Trinajstić information content (AvgIpc) is 2.75. The maximum Gasteiger partial charge on any atom is 0.262 e. The van der Waals surface area contributed by atoms with Crippen molar-refractivity contribution in [1.29, 1.82) is 0 Å². The molecule has 0 aromatic heterocycles. The van der Waals surface area contributed by atoms with Gasteiger partial charge in [-0.1, -0.05) is 59.8 Å². The SMILES string of the molecule is CCOc1cc(/C=C2\Sc3ccccc3NC2=O)ccc1OCc1ccccc1Cl. The zero-order valence-electron chi connectivity index (χ0n) is 16.4. The third kappa shape index (κ3) is 4.64. The number of carbonyl (C=O) groups excluding carboxylic acids is 1. The molecule has 1 amide bonds. The van der Waals surface area contributed by atoms with E-state index < -0.39 is 0 Å². The average molecular weight is 438 g/mol. The van der Waals surface area contributed by atoms with E-state index in [2.05, 4.69) is 5.32 Å². The van der Waals surface area contributed by atoms with E-state index in [0.29, 0.717) is 34.6 Å². The number of hydrogen-bond acceptors (Lipinski definition) is 4. The first-order valence-corrected chi connectivity index (χ1v) is 10.8. The van der Waals surface area contributed by atoms with E-state index in [9.17, 15) is 4.79 Å². The van der Waals surface area contributed by atoms with Crippen LogP contribution in [0.2, 0.25) is 5.02 Å². The predicted molar refractivity (Wildman–Crippen MR) is 122 cm³/mol. The summed E-state index contributed by atoms with van der Waals surface area (Å²) in [5, 5.41) is 3.59. The van der Waals surface area contributed by atoms with Gasteiger partial charge in [0.1, 0.15) is 6.61 Å². The van der Waals surface area contributed by atoms with Crippen LogP contribution in [0.15, 0.2) is 76.5 Å². The van der Waals surface area contributed by atoms with Crippen molar-refractivity contribution in [1.82, 2.24) is 0 Å². The van der Waals surface area contributed by atoms with Crippen molar-refractivity contribution in [3.05, 3.63) is 87.8 Å². The van der Waals surface area contributed by atoms with Crippen LogP contribution in [0.1, 0.15) is 18.1 Å². The van der Waals surface area contributed by atoms with Crippen LogP contribution in [-0.2, 0) is 11.4 Å². The molecule has 3 aromatic rings. The van der Waals surface area contributed by atoms with Gasteiger partial charge in [-0.05, 0) is 48.9 Å². The lowest BCUT2D eigenvalue weighted by Gasteiger charge is -2.18. The Morgan fingerprint density at radius 1 is 1.00 bits per heavy atom. The van der Waals surface area contributed by atoms with Gasteiger partial charge in [-0.2, -0.15) is 0 Å². The minimum absolute atomic E-state index is 0.115. The molecule has 0 spiro atoms. The fraction of sp³-hybridized carbons (Fsp3) is 0.125. The predicted octanol–water partition coefficient (Wildman–Crippen LogP) is 6.40. The third-order valence-corrected chi connectivity index (χ3v) is 5.95. The smallest absolute Gasteiger partial charge is 0.262 e. The summed E-state index contributed by atoms with van der Waals surface area (Å²) < 4.78 is 11.7. The fourth-order valence-electron chi connectivity index (χ4n) is 3.03. The molecule has 30 heavy (non-hydrogen) atoms. The fourth-order valence-corrected chi connectivity index (χ4v) is 4.17. The number of ether oxygens (including phenoxy) is 2. The van der Waals surface area contributed by atoms with Crippen molar-refractivity contribution >= 4 is 41.0 Å². The van der Waals surface area contributed by atoms with Crippen LogP contribution >= 0.6 is 23.4 Å². The van der Waals surface area contributed by atoms with Crippen molar-refractivity contribution in [3.8, 4) is 11.5 Å². The van der Waals surface area contributed by atoms with Gasteiger partial charge in [0.25, 0.3) is 5.91 Å². The number of nitrogens with one attached hydrogen (secondary N) is 1. The molecular formula is C24H20ClNO3S. The van der Waals surface area contributed by atoms with Gasteiger partial charge >= 0.3 is 0 Å². The molecule has 152 valence electrons. The van der Waals surface area contributed by atoms with Gasteiger partial charge in [-0.25, -0.2) is 0 Å². The Labute approximate surface area is 184 Å². The van der Waals surface area contributed by atoms with Gasteiger partial charge in [0.15, 0.2) is 11.5 Å². The van der Waals surface area contributed by atoms with E-state index in [1.165, 1.54) is 11.8 Å². The van der Waals surface area contributed by atoms with Gasteiger partial charge in [0.05, 0.1) is 17.2 Å². The van der Waals surface area contributed by atoms with Crippen molar-refractivity contribution in [3.63, 3.8) is 0 Å². The van der Waals surface area contributed by atoms with Crippen LogP contribution < -0.4 is 14.8 Å². The maximum atomic E-state index is 12.5. The molecule has 1 aliphatic rings. The highest BCUT2D eigenvalue weighted by Gasteiger charge is 2.20. The molecule has 1 aliphatic heterocycles. The number of fused-ring (bicyclic) bond motifs is 1. The number of benzene rings is 3. The Morgan fingerprint density at radius 2 is 1.80 bits per heavy atom. The first kappa shape index (κ1) is 20.4. The molecule has 0 radical (unpaired) electrons. The Morgan fingerprint density at radius 3 is 2.63 bits per heavy atom. The van der Waals surface area contributed by atoms with E-state index in [4.69, 9.17) is 21.1 Å². The summed E-state index contributed by atoms with van der Waals surface area (Å²) >= 11 is 7.67. The van der Waals surface area contributed by atoms with E-state index >= 15 is 0 Å². The summed E-state index contributed by atoms with van der Waals surface area (Å²) in [5.74, 6) is 1.14. The minimum Gasteiger partial charge on any atom is -0.490 e. The number of anilines is 1. The largest absolute Gasteiger partial charge is 0.490 e. The van der Waals surface area contributed by atoms with Gasteiger partial charge in [0.2, 0.25) is 0 Å². The van der Waals surface area contributed by atoms with Crippen LogP contribution in [0, 0.1) is 0 Å². The lowest BCUT2D eigenvalue weighted by Crippen LogP contribution is -2.17. The highest BCUT2D eigenvalue weighted by molar-refractivity contribution is 8.04. The molecule has 0 aliphatic carbocycles. The summed E-state index contributed by atoms with van der Waals surface area (Å²) in [5.41, 5.74) is 2.60. The van der Waals surface area contributed by atoms with Crippen molar-refractivity contribution in [2.75, 3.05) is 11.9 Å². The Bertz CT molecular complexity index is 1110. The van der Waals surface area contributed by atoms with Crippen LogP contribution in [0.5, 0.6) is 11.5 Å². The van der Waals surface area contributed by atoms with E-state index in [1.807, 2.05) is 79.7 Å². The number of amides is 1. The van der Waals surface area contributed by atoms with Gasteiger partial charge < -0.3 is 14.8 Å². The summed E-state index contributed by atoms with van der Waals surface area (Å²) in [6, 6.07) is 21.0. The molecule has 4 nitrogen and oxygen atoms in total. The maximum absolute atomic E-state index is 12.5. The topological polar surface area (TPSA) is 47.6 Å². The molecule has 6 heteroatoms. The van der Waals surface area contributed by atoms with Crippen LogP contribution in [0.25, 0.3) is 6.08 Å². The van der Waals surface area contributed by atoms with E-state index in [1.54, 1.807) is 0 Å². The van der Waals surface area contributed by atoms with Crippen LogP contribution in [0.4, 0.5) is 5.69 Å². The summed E-state index contributed by atoms with van der Waals surface area (Å²) in [4.78, 5) is 14.1. The Kier molecular flexibility index (Phi) is 6.31. The number of para-hydroxylation sites is 1. The van der Waals surface area contributed by atoms with Crippen molar-refractivity contribution in [2.24, 2.45) is 0 Å². The van der Waals surface area contributed by atoms with Gasteiger partial charge in [0, 0.05) is 15.5 Å². The molecule has 4 rings (SSSR count). The summed E-state index contributed by atoms with van der Waals surface area (Å²) in [6.45, 7) is 2.77. The minimum atomic E-state index is -0.115. The molecule has 0 saturated carbocycles. The Balaban J connectivity index is 1.56. The lowest BCUT2D eigenvalue weighted by molar-refractivity contribution is -0.112. The monoisotopic (exact) mass is 437 g/mol. The number of halogens is 1. The highest BCUT2D eigenvalue weighted by atomic mass is 35.5. The zero-order chi connectivity index (χ0) is 20.9. The molecule has 0 fully saturated rings. The summed E-state index contributed by atoms with van der Waals surface area (Å²) in [6.07, 6.45) is 1.86. The number of thioether (sulfide) groups is 1. The first-order valence-electron chi connectivity index (χ1n) is 9.57. The molecule has 0 unspecified atom stereocenters. The Hall–Kier alpha value is -2.89. The molecule has 1 heterocycles. The van der Waals surface area contributed by atoms with Crippen molar-refractivity contribution in [2.45, 2.75) is 18.4 Å². The van der Waals surface area contributed by atoms with Gasteiger partial charge in [-0.15, -0.1) is 0 Å². The quantitative estimate of drug-likeness (QED) is 0.453. The second kappa shape index (κ2) is 9.28. The standard InChI is InChI=1S/C24H20ClNO3S/c1-2-28-21-13-16(11-12-20(21)29-15-17-7-3-4-8-18(17)25)14-23-24(27)26-19-9-5-6-10-22(19)30-23/h3-14H,2,15H2,1H3,(H,26,27)/b23-14-. The normalized spacial score (nSPS) is 14.2. The molecular weight excluding hydrogens is 418 g/mol. The van der Waals surface area contributed by atoms with E-state index in [-0.39, 0.29) is 5.91 Å². The second-order valence-corrected chi connectivity index (χ2v) is 8.07. The number of carbonyl (C=O) groups is 1. The summed E-state index contributed by atoms with van der Waals surface area (Å²) in [7, 11) is 0. The van der Waals surface area contributed by atoms with Crippen LogP contribution in [-0.4, -0.2) is 12.5 Å². The molecule has 0 atom stereocenters. The zero-order valence-corrected chi connectivity index (χ0v) is 17.9. The second-order valence-electron chi connectivity index (χ2n) is 6.58. The van der Waals surface area contributed by atoms with E-state index in [0.717, 1.165) is 21.7 Å². The first-order chi connectivity index (χ1) is 14.6. The van der Waals surface area contributed by atoms with Crippen molar-refractivity contribution < 1.29 is 14.3 Å². The van der Waals surface area contributed by atoms with Gasteiger partial charge in [-0.3, -0.25) is 4.79 Å². The highest BCUT2D eigenvalue weighted by Crippen LogP contribution is 2.39. The lowest BCUT2D eigenvalue weighted by atomic mass is 10.1. The number of hydrogen-bond donors (Lipinski definition) is 1. The number of rotatable bonds is 6. The molecule has 0 saturated heterocycles. The molecule has 1 N–H and O–H groups in total. The van der Waals surface area contributed by atoms with Crippen LogP contribution in [0.3, 0.4) is 0 Å². The molecule has 0 bridgehead atoms. The third-order valence-electron chi connectivity index (χ3n) is 4.49.